The van der Waals surface area contributed by atoms with Gasteiger partial charge in [0, 0.05) is 23.8 Å². The van der Waals surface area contributed by atoms with Gasteiger partial charge in [-0.2, -0.15) is 0 Å². The molecule has 0 amide bonds. The van der Waals surface area contributed by atoms with Crippen molar-refractivity contribution in [2.45, 2.75) is 71.3 Å². The zero-order valence-corrected chi connectivity index (χ0v) is 15.4. The molecule has 0 aromatic rings. The molecule has 0 unspecified atom stereocenters. The van der Waals surface area contributed by atoms with Crippen LogP contribution < -0.4 is 0 Å². The van der Waals surface area contributed by atoms with Gasteiger partial charge in [-0.15, -0.1) is 0 Å². The lowest BCUT2D eigenvalue weighted by molar-refractivity contribution is -0.161. The molecule has 4 rings (SSSR count). The first kappa shape index (κ1) is 17.1. The van der Waals surface area contributed by atoms with Crippen molar-refractivity contribution >= 4 is 17.3 Å². The van der Waals surface area contributed by atoms with Gasteiger partial charge in [0.2, 0.25) is 0 Å². The maximum Gasteiger partial charge on any atom is 0.161 e. The minimum absolute atomic E-state index is 0.0757. The average molecular weight is 344 g/mol. The van der Waals surface area contributed by atoms with Crippen LogP contribution in [0.4, 0.5) is 0 Å². The summed E-state index contributed by atoms with van der Waals surface area (Å²) in [5, 5.41) is 11.1. The van der Waals surface area contributed by atoms with E-state index in [2.05, 4.69) is 13.8 Å². The first-order valence-corrected chi connectivity index (χ1v) is 9.65. The highest BCUT2D eigenvalue weighted by atomic mass is 16.3. The highest BCUT2D eigenvalue weighted by molar-refractivity contribution is 6.05. The smallest absolute Gasteiger partial charge is 0.161 e. The number of rotatable bonds is 1. The van der Waals surface area contributed by atoms with Crippen LogP contribution in [0.2, 0.25) is 0 Å². The Kier molecular flexibility index (Phi) is 3.51. The Labute approximate surface area is 149 Å². The number of fused-ring (bicyclic) bond motifs is 5. The zero-order chi connectivity index (χ0) is 18.2. The van der Waals surface area contributed by atoms with Crippen LogP contribution >= 0.6 is 0 Å². The second-order valence-corrected chi connectivity index (χ2v) is 9.36. The number of aliphatic hydroxyl groups is 1. The SMILES string of the molecule is CC(=O)[C@@]1(O)CC[C@H]2[C@@H]3CC(=O)C4=CC(=O)CC[C@]4(C)[C@H]3CC[C@@]21C. The van der Waals surface area contributed by atoms with Gasteiger partial charge in [0.25, 0.3) is 0 Å². The molecule has 0 bridgehead atoms. The fourth-order valence-electron chi connectivity index (χ4n) is 6.98. The summed E-state index contributed by atoms with van der Waals surface area (Å²) in [5.41, 5.74) is -1.15. The second kappa shape index (κ2) is 5.12. The minimum Gasteiger partial charge on any atom is -0.382 e. The number of Topliss-reactive ketones (excluding diaryl/α,β-unsaturated/α-hetero) is 2. The van der Waals surface area contributed by atoms with E-state index in [4.69, 9.17) is 0 Å². The van der Waals surface area contributed by atoms with Gasteiger partial charge >= 0.3 is 0 Å². The summed E-state index contributed by atoms with van der Waals surface area (Å²) in [5.74, 6) is 0.853. The molecule has 0 saturated heterocycles. The van der Waals surface area contributed by atoms with Crippen LogP contribution in [0.5, 0.6) is 0 Å². The fourth-order valence-corrected chi connectivity index (χ4v) is 6.98. The largest absolute Gasteiger partial charge is 0.382 e. The summed E-state index contributed by atoms with van der Waals surface area (Å²) in [6, 6.07) is 0. The van der Waals surface area contributed by atoms with Crippen molar-refractivity contribution in [3.63, 3.8) is 0 Å². The molecular weight excluding hydrogens is 316 g/mol. The van der Waals surface area contributed by atoms with Crippen molar-refractivity contribution in [2.24, 2.45) is 28.6 Å². The normalized spacial score (nSPS) is 49.1. The van der Waals surface area contributed by atoms with Crippen molar-refractivity contribution in [1.29, 1.82) is 0 Å². The number of carbonyl (C=O) groups excluding carboxylic acids is 3. The Morgan fingerprint density at radius 3 is 2.48 bits per heavy atom. The molecule has 3 fully saturated rings. The number of ketones is 3. The van der Waals surface area contributed by atoms with Crippen LogP contribution in [0.25, 0.3) is 0 Å². The maximum absolute atomic E-state index is 12.9. The molecule has 3 saturated carbocycles. The summed E-state index contributed by atoms with van der Waals surface area (Å²) in [6.07, 6.45) is 6.42. The van der Waals surface area contributed by atoms with Crippen molar-refractivity contribution in [3.05, 3.63) is 11.6 Å². The van der Waals surface area contributed by atoms with Gasteiger partial charge in [-0.1, -0.05) is 13.8 Å². The van der Waals surface area contributed by atoms with Crippen LogP contribution in [0, 0.1) is 28.6 Å². The Morgan fingerprint density at radius 2 is 1.80 bits per heavy atom. The molecule has 1 N–H and O–H groups in total. The highest BCUT2D eigenvalue weighted by Crippen LogP contribution is 2.67. The van der Waals surface area contributed by atoms with Gasteiger partial charge < -0.3 is 5.11 Å². The Hall–Kier alpha value is -1.29. The molecule has 0 aromatic heterocycles. The predicted octanol–water partition coefficient (Wildman–Crippen LogP) is 3.02. The lowest BCUT2D eigenvalue weighted by Crippen LogP contribution is -2.58. The Bertz CT molecular complexity index is 707. The van der Waals surface area contributed by atoms with Crippen molar-refractivity contribution < 1.29 is 19.5 Å². The monoisotopic (exact) mass is 344 g/mol. The molecule has 6 atom stereocenters. The lowest BCUT2D eigenvalue weighted by Gasteiger charge is -2.58. The van der Waals surface area contributed by atoms with Crippen LogP contribution in [-0.2, 0) is 14.4 Å². The third-order valence-electron chi connectivity index (χ3n) is 8.52. The Balaban J connectivity index is 1.75. The van der Waals surface area contributed by atoms with Crippen molar-refractivity contribution in [2.75, 3.05) is 0 Å². The van der Waals surface area contributed by atoms with Crippen molar-refractivity contribution in [3.8, 4) is 0 Å². The fraction of sp³-hybridized carbons (Fsp3) is 0.762. The van der Waals surface area contributed by atoms with E-state index < -0.39 is 11.0 Å². The topological polar surface area (TPSA) is 71.4 Å². The first-order valence-electron chi connectivity index (χ1n) is 9.65. The minimum atomic E-state index is -1.24. The molecule has 4 aliphatic carbocycles. The number of hydrogen-bond donors (Lipinski definition) is 1. The van der Waals surface area contributed by atoms with Gasteiger partial charge in [0.05, 0.1) is 0 Å². The number of hydrogen-bond acceptors (Lipinski definition) is 4. The van der Waals surface area contributed by atoms with Crippen molar-refractivity contribution in [1.82, 2.24) is 0 Å². The van der Waals surface area contributed by atoms with Gasteiger partial charge in [-0.05, 0) is 68.3 Å². The molecule has 136 valence electrons. The first-order chi connectivity index (χ1) is 11.6. The molecule has 0 spiro atoms. The molecule has 0 aromatic carbocycles. The van der Waals surface area contributed by atoms with Gasteiger partial charge in [-0.25, -0.2) is 0 Å². The molecule has 4 nitrogen and oxygen atoms in total. The summed E-state index contributed by atoms with van der Waals surface area (Å²) in [4.78, 5) is 36.9. The maximum atomic E-state index is 12.9. The standard InChI is InChI=1S/C21H28O4/c1-12(22)21(25)9-6-16-14-11-18(24)17-10-13(23)4-7-19(17,2)15(14)5-8-20(16,21)3/h10,14-16,25H,4-9,11H2,1-3H3/t14-,15+,16+,19-,20+,21+/m1/s1. The van der Waals surface area contributed by atoms with E-state index in [-0.39, 0.29) is 34.6 Å². The second-order valence-electron chi connectivity index (χ2n) is 9.36. The summed E-state index contributed by atoms with van der Waals surface area (Å²) in [7, 11) is 0. The van der Waals surface area contributed by atoms with Crippen LogP contribution in [0.3, 0.4) is 0 Å². The lowest BCUT2D eigenvalue weighted by atomic mass is 9.46. The van der Waals surface area contributed by atoms with Crippen LogP contribution in [0.1, 0.15) is 65.7 Å². The van der Waals surface area contributed by atoms with Gasteiger partial charge in [0.15, 0.2) is 17.3 Å². The van der Waals surface area contributed by atoms with Gasteiger partial charge in [-0.3, -0.25) is 14.4 Å². The number of allylic oxidation sites excluding steroid dienone is 1. The third kappa shape index (κ3) is 2.00. The number of carbonyl (C=O) groups is 3. The molecule has 4 heteroatoms. The Morgan fingerprint density at radius 1 is 1.12 bits per heavy atom. The van der Waals surface area contributed by atoms with E-state index in [9.17, 15) is 19.5 Å². The summed E-state index contributed by atoms with van der Waals surface area (Å²) >= 11 is 0. The predicted molar refractivity (Wildman–Crippen MR) is 92.7 cm³/mol. The van der Waals surface area contributed by atoms with E-state index in [1.54, 1.807) is 6.08 Å². The van der Waals surface area contributed by atoms with E-state index in [1.165, 1.54) is 6.92 Å². The molecule has 0 heterocycles. The zero-order valence-electron chi connectivity index (χ0n) is 15.4. The third-order valence-corrected chi connectivity index (χ3v) is 8.52. The molecule has 0 radical (unpaired) electrons. The van der Waals surface area contributed by atoms with E-state index in [0.29, 0.717) is 25.2 Å². The molecule has 25 heavy (non-hydrogen) atoms. The van der Waals surface area contributed by atoms with E-state index in [0.717, 1.165) is 31.3 Å². The van der Waals surface area contributed by atoms with E-state index in [1.807, 2.05) is 0 Å². The summed E-state index contributed by atoms with van der Waals surface area (Å²) < 4.78 is 0. The average Bonchev–Trinajstić information content (AvgIpc) is 2.83. The quantitative estimate of drug-likeness (QED) is 0.794. The molecular formula is C21H28O4. The van der Waals surface area contributed by atoms with Gasteiger partial charge in [0.1, 0.15) is 5.60 Å². The van der Waals surface area contributed by atoms with Crippen LogP contribution in [-0.4, -0.2) is 28.1 Å². The van der Waals surface area contributed by atoms with Crippen LogP contribution in [0.15, 0.2) is 11.6 Å². The highest BCUT2D eigenvalue weighted by Gasteiger charge is 2.66. The summed E-state index contributed by atoms with van der Waals surface area (Å²) in [6.45, 7) is 5.72. The molecule has 0 aliphatic heterocycles. The van der Waals surface area contributed by atoms with E-state index >= 15 is 0 Å². The molecule has 4 aliphatic rings.